The summed E-state index contributed by atoms with van der Waals surface area (Å²) in [5.74, 6) is -0.00229. The molecule has 2 unspecified atom stereocenters. The summed E-state index contributed by atoms with van der Waals surface area (Å²) in [5, 5.41) is 23.4. The smallest absolute Gasteiger partial charge is 0.305 e. The van der Waals surface area contributed by atoms with Gasteiger partial charge in [-0.2, -0.15) is 0 Å². The molecule has 0 aromatic carbocycles. The van der Waals surface area contributed by atoms with Gasteiger partial charge in [-0.1, -0.05) is 386 Å². The van der Waals surface area contributed by atoms with Gasteiger partial charge >= 0.3 is 5.97 Å². The number of aliphatic hydroxyl groups is 2. The highest BCUT2D eigenvalue weighted by molar-refractivity contribution is 5.76. The molecule has 0 aromatic rings. The van der Waals surface area contributed by atoms with Crippen LogP contribution in [0.15, 0.2) is 0 Å². The van der Waals surface area contributed by atoms with Crippen LogP contribution in [-0.2, 0) is 14.3 Å². The molecular weight excluding hydrogens is 959 g/mol. The van der Waals surface area contributed by atoms with E-state index in [1.807, 2.05) is 0 Å². The minimum Gasteiger partial charge on any atom is -0.466 e. The highest BCUT2D eigenvalue weighted by atomic mass is 16.5. The molecule has 1 amide bonds. The fourth-order valence-electron chi connectivity index (χ4n) is 11.9. The molecule has 0 rings (SSSR count). The molecule has 0 aliphatic carbocycles. The van der Waals surface area contributed by atoms with Gasteiger partial charge in [0.2, 0.25) is 5.91 Å². The number of hydrogen-bond donors (Lipinski definition) is 3. The van der Waals surface area contributed by atoms with Crippen molar-refractivity contribution in [2.24, 2.45) is 0 Å². The quantitative estimate of drug-likeness (QED) is 0.0417. The van der Waals surface area contributed by atoms with E-state index >= 15 is 0 Å². The Hall–Kier alpha value is -1.14. The number of amides is 1. The molecule has 0 radical (unpaired) electrons. The van der Waals surface area contributed by atoms with Crippen LogP contribution in [0.5, 0.6) is 0 Å². The number of esters is 1. The fourth-order valence-corrected chi connectivity index (χ4v) is 11.9. The minimum absolute atomic E-state index is 0.0242. The van der Waals surface area contributed by atoms with Gasteiger partial charge < -0.3 is 20.3 Å². The number of nitrogens with one attached hydrogen (secondary N) is 1. The molecule has 0 aromatic heterocycles. The van der Waals surface area contributed by atoms with Crippen molar-refractivity contribution in [3.63, 3.8) is 0 Å². The van der Waals surface area contributed by atoms with Crippen LogP contribution in [-0.4, -0.2) is 47.4 Å². The average molecular weight is 1100 g/mol. The van der Waals surface area contributed by atoms with Crippen molar-refractivity contribution in [3.8, 4) is 0 Å². The van der Waals surface area contributed by atoms with Gasteiger partial charge in [0.15, 0.2) is 0 Å². The van der Waals surface area contributed by atoms with Crippen molar-refractivity contribution in [1.82, 2.24) is 5.32 Å². The van der Waals surface area contributed by atoms with Crippen LogP contribution in [0.2, 0.25) is 0 Å². The van der Waals surface area contributed by atoms with E-state index < -0.39 is 12.1 Å². The number of carbonyl (C=O) groups excluding carboxylic acids is 2. The maximum absolute atomic E-state index is 12.5. The topological polar surface area (TPSA) is 95.9 Å². The number of unbranched alkanes of at least 4 members (excludes halogenated alkanes) is 58. The van der Waals surface area contributed by atoms with Gasteiger partial charge in [-0.05, 0) is 25.7 Å². The first kappa shape index (κ1) is 76.9. The molecular formula is C72H143NO5. The van der Waals surface area contributed by atoms with Crippen molar-refractivity contribution < 1.29 is 24.5 Å². The van der Waals surface area contributed by atoms with Crippen molar-refractivity contribution >= 4 is 11.9 Å². The number of hydrogen-bond acceptors (Lipinski definition) is 5. The Morgan fingerprint density at radius 2 is 0.526 bits per heavy atom. The number of rotatable bonds is 69. The highest BCUT2D eigenvalue weighted by Gasteiger charge is 2.20. The van der Waals surface area contributed by atoms with E-state index in [0.29, 0.717) is 25.9 Å². The molecule has 466 valence electrons. The second kappa shape index (κ2) is 68.4. The molecule has 3 N–H and O–H groups in total. The third kappa shape index (κ3) is 64.0. The molecule has 78 heavy (non-hydrogen) atoms. The first-order chi connectivity index (χ1) is 38.5. The normalized spacial score (nSPS) is 12.4. The van der Waals surface area contributed by atoms with Crippen molar-refractivity contribution in [2.75, 3.05) is 13.2 Å². The standard InChI is InChI=1S/C72H143NO5/c1-3-5-7-9-11-13-15-17-19-37-40-44-48-52-56-60-64-70(75)69(68-74)73-71(76)65-61-57-53-49-45-41-38-35-33-31-29-27-25-23-21-20-22-24-26-28-30-32-34-36-39-43-47-51-55-59-63-67-78-72(77)66-62-58-54-50-46-42-18-16-14-12-10-8-6-4-2/h69-70,74-75H,3-68H2,1-2H3,(H,73,76). The zero-order valence-electron chi connectivity index (χ0n) is 53.4. The third-order valence-electron chi connectivity index (χ3n) is 17.4. The monoisotopic (exact) mass is 1100 g/mol. The predicted molar refractivity (Wildman–Crippen MR) is 343 cm³/mol. The molecule has 6 nitrogen and oxygen atoms in total. The zero-order valence-corrected chi connectivity index (χ0v) is 53.4. The van der Waals surface area contributed by atoms with Crippen LogP contribution in [0.4, 0.5) is 0 Å². The number of carbonyl (C=O) groups is 2. The van der Waals surface area contributed by atoms with Crippen molar-refractivity contribution in [3.05, 3.63) is 0 Å². The first-order valence-electron chi connectivity index (χ1n) is 36.3. The van der Waals surface area contributed by atoms with Crippen LogP contribution in [0.25, 0.3) is 0 Å². The van der Waals surface area contributed by atoms with E-state index in [1.54, 1.807) is 0 Å². The lowest BCUT2D eigenvalue weighted by molar-refractivity contribution is -0.143. The maximum Gasteiger partial charge on any atom is 0.305 e. The van der Waals surface area contributed by atoms with E-state index in [9.17, 15) is 19.8 Å². The Balaban J connectivity index is 3.31. The molecule has 0 aliphatic rings. The van der Waals surface area contributed by atoms with Crippen LogP contribution < -0.4 is 5.32 Å². The first-order valence-corrected chi connectivity index (χ1v) is 36.3. The second-order valence-electron chi connectivity index (χ2n) is 25.3. The molecule has 0 aliphatic heterocycles. The summed E-state index contributed by atoms with van der Waals surface area (Å²) >= 11 is 0. The van der Waals surface area contributed by atoms with E-state index in [-0.39, 0.29) is 18.5 Å². The summed E-state index contributed by atoms with van der Waals surface area (Å²) in [7, 11) is 0. The molecule has 0 fully saturated rings. The van der Waals surface area contributed by atoms with Crippen molar-refractivity contribution in [1.29, 1.82) is 0 Å². The van der Waals surface area contributed by atoms with Crippen LogP contribution in [0.1, 0.15) is 425 Å². The van der Waals surface area contributed by atoms with Crippen LogP contribution in [0, 0.1) is 0 Å². The number of ether oxygens (including phenoxy) is 1. The van der Waals surface area contributed by atoms with E-state index in [2.05, 4.69) is 19.2 Å². The molecule has 0 saturated carbocycles. The molecule has 0 spiro atoms. The molecule has 2 atom stereocenters. The lowest BCUT2D eigenvalue weighted by atomic mass is 10.0. The summed E-state index contributed by atoms with van der Waals surface area (Å²) in [6, 6.07) is -0.537. The van der Waals surface area contributed by atoms with E-state index in [4.69, 9.17) is 4.74 Å². The Bertz CT molecular complexity index is 1130. The van der Waals surface area contributed by atoms with Gasteiger partial charge in [-0.15, -0.1) is 0 Å². The summed E-state index contributed by atoms with van der Waals surface area (Å²) in [4.78, 5) is 24.6. The van der Waals surface area contributed by atoms with Gasteiger partial charge in [-0.3, -0.25) is 9.59 Å². The summed E-state index contributed by atoms with van der Waals surface area (Å²) in [6.45, 7) is 5.00. The lowest BCUT2D eigenvalue weighted by Crippen LogP contribution is -2.45. The van der Waals surface area contributed by atoms with E-state index in [0.717, 1.165) is 38.5 Å². The zero-order chi connectivity index (χ0) is 56.4. The predicted octanol–water partition coefficient (Wildman–Crippen LogP) is 23.4. The maximum atomic E-state index is 12.5. The van der Waals surface area contributed by atoms with Crippen LogP contribution >= 0.6 is 0 Å². The van der Waals surface area contributed by atoms with Gasteiger partial charge in [0.1, 0.15) is 0 Å². The van der Waals surface area contributed by atoms with Gasteiger partial charge in [-0.25, -0.2) is 0 Å². The molecule has 6 heteroatoms. The van der Waals surface area contributed by atoms with E-state index in [1.165, 1.54) is 353 Å². The minimum atomic E-state index is -0.660. The van der Waals surface area contributed by atoms with Crippen LogP contribution in [0.3, 0.4) is 0 Å². The highest BCUT2D eigenvalue weighted by Crippen LogP contribution is 2.20. The van der Waals surface area contributed by atoms with Gasteiger partial charge in [0, 0.05) is 12.8 Å². The lowest BCUT2D eigenvalue weighted by Gasteiger charge is -2.22. The summed E-state index contributed by atoms with van der Waals surface area (Å²) in [5.41, 5.74) is 0. The van der Waals surface area contributed by atoms with Gasteiger partial charge in [0.05, 0.1) is 25.4 Å². The SMILES string of the molecule is CCCCCCCCCCCCCCCCCCC(O)C(CO)NC(=O)CCCCCCCCCCCCCCCCCCCCCCCCCCCCCCCCCOC(=O)CCCCCCCCCCCCCCCC. The average Bonchev–Trinajstić information content (AvgIpc) is 3.44. The Morgan fingerprint density at radius 1 is 0.308 bits per heavy atom. The third-order valence-corrected chi connectivity index (χ3v) is 17.4. The second-order valence-corrected chi connectivity index (χ2v) is 25.3. The van der Waals surface area contributed by atoms with Gasteiger partial charge in [0.25, 0.3) is 0 Å². The fraction of sp³-hybridized carbons (Fsp3) is 0.972. The summed E-state index contributed by atoms with van der Waals surface area (Å²) in [6.07, 6.45) is 83.1. The largest absolute Gasteiger partial charge is 0.466 e. The summed E-state index contributed by atoms with van der Waals surface area (Å²) < 4.78 is 5.50. The number of aliphatic hydroxyl groups excluding tert-OH is 2. The molecule has 0 bridgehead atoms. The van der Waals surface area contributed by atoms with Crippen molar-refractivity contribution in [2.45, 2.75) is 437 Å². The molecule has 0 saturated heterocycles. The Morgan fingerprint density at radius 3 is 0.782 bits per heavy atom. The molecule has 0 heterocycles. The Labute approximate surface area is 489 Å². The Kier molecular flexibility index (Phi) is 67.4.